The SMILES string of the molecule is CCOCCCNC(=NCc1ccc(C)cc1OC(C)(C)C)NCC(=O)N(C)C. The van der Waals surface area contributed by atoms with Crippen LogP contribution in [0.5, 0.6) is 5.75 Å². The molecule has 0 unspecified atom stereocenters. The summed E-state index contributed by atoms with van der Waals surface area (Å²) in [7, 11) is 3.47. The summed E-state index contributed by atoms with van der Waals surface area (Å²) in [6.07, 6.45) is 0.860. The second-order valence-electron chi connectivity index (χ2n) is 8.11. The minimum absolute atomic E-state index is 0.0130. The lowest BCUT2D eigenvalue weighted by molar-refractivity contribution is -0.127. The maximum atomic E-state index is 11.9. The molecule has 0 radical (unpaired) electrons. The molecule has 0 saturated carbocycles. The minimum Gasteiger partial charge on any atom is -0.488 e. The molecule has 29 heavy (non-hydrogen) atoms. The van der Waals surface area contributed by atoms with Crippen LogP contribution in [0.3, 0.4) is 0 Å². The average molecular weight is 407 g/mol. The molecule has 0 atom stereocenters. The number of aryl methyl sites for hydroxylation is 1. The topological polar surface area (TPSA) is 75.2 Å². The molecule has 0 aromatic heterocycles. The van der Waals surface area contributed by atoms with Gasteiger partial charge in [0.25, 0.3) is 0 Å². The van der Waals surface area contributed by atoms with Crippen molar-refractivity contribution in [2.45, 2.75) is 53.2 Å². The Kier molecular flexibility index (Phi) is 10.5. The summed E-state index contributed by atoms with van der Waals surface area (Å²) in [5.41, 5.74) is 1.85. The van der Waals surface area contributed by atoms with Crippen LogP contribution in [0.4, 0.5) is 0 Å². The van der Waals surface area contributed by atoms with E-state index in [2.05, 4.69) is 21.7 Å². The third-order valence-electron chi connectivity index (χ3n) is 3.91. The van der Waals surface area contributed by atoms with Gasteiger partial charge in [-0.2, -0.15) is 0 Å². The first-order valence-electron chi connectivity index (χ1n) is 10.2. The number of likely N-dealkylation sites (N-methyl/N-ethyl adjacent to an activating group) is 1. The first-order valence-corrected chi connectivity index (χ1v) is 10.2. The number of guanidine groups is 1. The van der Waals surface area contributed by atoms with Crippen molar-refractivity contribution in [1.82, 2.24) is 15.5 Å². The van der Waals surface area contributed by atoms with Gasteiger partial charge in [0.15, 0.2) is 5.96 Å². The highest BCUT2D eigenvalue weighted by Crippen LogP contribution is 2.25. The number of amides is 1. The van der Waals surface area contributed by atoms with Gasteiger partial charge in [-0.25, -0.2) is 4.99 Å². The normalized spacial score (nSPS) is 11.9. The molecule has 1 amide bonds. The van der Waals surface area contributed by atoms with Gasteiger partial charge < -0.3 is 25.0 Å². The molecular formula is C22H38N4O3. The van der Waals surface area contributed by atoms with Crippen molar-refractivity contribution >= 4 is 11.9 Å². The van der Waals surface area contributed by atoms with E-state index in [4.69, 9.17) is 9.47 Å². The fourth-order valence-corrected chi connectivity index (χ4v) is 2.40. The lowest BCUT2D eigenvalue weighted by Crippen LogP contribution is -2.43. The van der Waals surface area contributed by atoms with Gasteiger partial charge in [-0.3, -0.25) is 4.79 Å². The Morgan fingerprint density at radius 1 is 1.21 bits per heavy atom. The third-order valence-corrected chi connectivity index (χ3v) is 3.91. The number of nitrogens with one attached hydrogen (secondary N) is 2. The summed E-state index contributed by atoms with van der Waals surface area (Å²) < 4.78 is 11.5. The van der Waals surface area contributed by atoms with Crippen molar-refractivity contribution in [2.75, 3.05) is 40.4 Å². The van der Waals surface area contributed by atoms with Crippen molar-refractivity contribution < 1.29 is 14.3 Å². The Labute approximate surface area is 175 Å². The Morgan fingerprint density at radius 2 is 1.93 bits per heavy atom. The molecular weight excluding hydrogens is 368 g/mol. The van der Waals surface area contributed by atoms with Crippen molar-refractivity contribution in [3.63, 3.8) is 0 Å². The second kappa shape index (κ2) is 12.3. The van der Waals surface area contributed by atoms with Crippen LogP contribution in [-0.4, -0.2) is 62.8 Å². The standard InChI is InChI=1S/C22H38N4O3/c1-8-28-13-9-12-23-21(25-16-20(27)26(6)7)24-15-18-11-10-17(2)14-19(18)29-22(3,4)5/h10-11,14H,8-9,12-13,15-16H2,1-7H3,(H2,23,24,25). The molecule has 0 bridgehead atoms. The summed E-state index contributed by atoms with van der Waals surface area (Å²) in [6, 6.07) is 6.13. The molecule has 164 valence electrons. The van der Waals surface area contributed by atoms with Gasteiger partial charge in [0.1, 0.15) is 11.4 Å². The molecule has 0 fully saturated rings. The lowest BCUT2D eigenvalue weighted by Gasteiger charge is -2.23. The highest BCUT2D eigenvalue weighted by Gasteiger charge is 2.15. The van der Waals surface area contributed by atoms with Crippen molar-refractivity contribution in [3.05, 3.63) is 29.3 Å². The number of carbonyl (C=O) groups excluding carboxylic acids is 1. The number of nitrogens with zero attached hydrogens (tertiary/aromatic N) is 2. The van der Waals surface area contributed by atoms with Gasteiger partial charge in [-0.15, -0.1) is 0 Å². The van der Waals surface area contributed by atoms with Crippen molar-refractivity contribution in [3.8, 4) is 5.75 Å². The fourth-order valence-electron chi connectivity index (χ4n) is 2.40. The van der Waals surface area contributed by atoms with E-state index in [-0.39, 0.29) is 18.1 Å². The fraction of sp³-hybridized carbons (Fsp3) is 0.636. The van der Waals surface area contributed by atoms with Crippen LogP contribution >= 0.6 is 0 Å². The minimum atomic E-state index is -0.289. The summed E-state index contributed by atoms with van der Waals surface area (Å²) in [4.78, 5) is 18.1. The zero-order chi connectivity index (χ0) is 21.9. The van der Waals surface area contributed by atoms with E-state index in [1.54, 1.807) is 19.0 Å². The van der Waals surface area contributed by atoms with Gasteiger partial charge in [0, 0.05) is 39.4 Å². The van der Waals surface area contributed by atoms with Crippen LogP contribution in [0.1, 0.15) is 45.2 Å². The number of hydrogen-bond donors (Lipinski definition) is 2. The molecule has 1 aromatic carbocycles. The number of aliphatic imine (C=N–C) groups is 1. The molecule has 1 aromatic rings. The third kappa shape index (κ3) is 10.7. The van der Waals surface area contributed by atoms with Gasteiger partial charge in [0.2, 0.25) is 5.91 Å². The predicted molar refractivity (Wildman–Crippen MR) is 119 cm³/mol. The Bertz CT molecular complexity index is 667. The van der Waals surface area contributed by atoms with Gasteiger partial charge in [-0.05, 0) is 52.7 Å². The number of carbonyl (C=O) groups is 1. The maximum absolute atomic E-state index is 11.9. The maximum Gasteiger partial charge on any atom is 0.241 e. The second-order valence-corrected chi connectivity index (χ2v) is 8.11. The summed E-state index contributed by atoms with van der Waals surface area (Å²) >= 11 is 0. The van der Waals surface area contributed by atoms with Crippen molar-refractivity contribution in [1.29, 1.82) is 0 Å². The summed E-state index contributed by atoms with van der Waals surface area (Å²) in [5, 5.41) is 6.38. The van der Waals surface area contributed by atoms with E-state index < -0.39 is 0 Å². The first-order chi connectivity index (χ1) is 13.6. The van der Waals surface area contributed by atoms with E-state index in [0.717, 1.165) is 23.3 Å². The molecule has 7 heteroatoms. The Morgan fingerprint density at radius 3 is 2.55 bits per heavy atom. The smallest absolute Gasteiger partial charge is 0.241 e. The number of hydrogen-bond acceptors (Lipinski definition) is 4. The molecule has 0 aliphatic rings. The highest BCUT2D eigenvalue weighted by atomic mass is 16.5. The molecule has 2 N–H and O–H groups in total. The van der Waals surface area contributed by atoms with E-state index in [0.29, 0.717) is 32.3 Å². The van der Waals surface area contributed by atoms with E-state index in [1.165, 1.54) is 0 Å². The first kappa shape index (κ1) is 24.8. The molecule has 1 rings (SSSR count). The highest BCUT2D eigenvalue weighted by molar-refractivity contribution is 5.86. The van der Waals surface area contributed by atoms with E-state index >= 15 is 0 Å². The number of rotatable bonds is 10. The molecule has 0 spiro atoms. The van der Waals surface area contributed by atoms with Crippen LogP contribution < -0.4 is 15.4 Å². The van der Waals surface area contributed by atoms with Crippen LogP contribution in [0.2, 0.25) is 0 Å². The zero-order valence-electron chi connectivity index (χ0n) is 19.1. The number of ether oxygens (including phenoxy) is 2. The van der Waals surface area contributed by atoms with Crippen LogP contribution in [0.25, 0.3) is 0 Å². The van der Waals surface area contributed by atoms with Crippen LogP contribution in [0, 0.1) is 6.92 Å². The van der Waals surface area contributed by atoms with Gasteiger partial charge >= 0.3 is 0 Å². The van der Waals surface area contributed by atoms with Crippen LogP contribution in [-0.2, 0) is 16.1 Å². The molecule has 7 nitrogen and oxygen atoms in total. The zero-order valence-corrected chi connectivity index (χ0v) is 19.1. The largest absolute Gasteiger partial charge is 0.488 e. The lowest BCUT2D eigenvalue weighted by atomic mass is 10.1. The van der Waals surface area contributed by atoms with Crippen LogP contribution in [0.15, 0.2) is 23.2 Å². The number of benzene rings is 1. The van der Waals surface area contributed by atoms with E-state index in [1.807, 2.05) is 46.8 Å². The molecule has 0 aliphatic heterocycles. The quantitative estimate of drug-likeness (QED) is 0.355. The van der Waals surface area contributed by atoms with Gasteiger partial charge in [0.05, 0.1) is 13.1 Å². The van der Waals surface area contributed by atoms with E-state index in [9.17, 15) is 4.79 Å². The van der Waals surface area contributed by atoms with Gasteiger partial charge in [-0.1, -0.05) is 12.1 Å². The predicted octanol–water partition coefficient (Wildman–Crippen LogP) is 2.72. The monoisotopic (exact) mass is 406 g/mol. The summed E-state index contributed by atoms with van der Waals surface area (Å²) in [6.45, 7) is 12.9. The molecule has 0 saturated heterocycles. The Balaban J connectivity index is 2.86. The molecule has 0 heterocycles. The molecule has 0 aliphatic carbocycles. The summed E-state index contributed by atoms with van der Waals surface area (Å²) in [5.74, 6) is 1.42. The van der Waals surface area contributed by atoms with Crippen molar-refractivity contribution in [2.24, 2.45) is 4.99 Å². The Hall–Kier alpha value is -2.28. The average Bonchev–Trinajstić information content (AvgIpc) is 2.62.